The quantitative estimate of drug-likeness (QED) is 0.932. The molecule has 0 saturated carbocycles. The third kappa shape index (κ3) is 3.15. The van der Waals surface area contributed by atoms with E-state index >= 15 is 0 Å². The van der Waals surface area contributed by atoms with Crippen LogP contribution >= 0.6 is 0 Å². The van der Waals surface area contributed by atoms with Crippen LogP contribution in [0.1, 0.15) is 74.6 Å². The molecule has 0 bridgehead atoms. The van der Waals surface area contributed by atoms with Gasteiger partial charge < -0.3 is 0 Å². The Morgan fingerprint density at radius 1 is 1.24 bits per heavy atom. The molecule has 1 N–H and O–H groups in total. The monoisotopic (exact) mass is 341 g/mol. The highest BCUT2D eigenvalue weighted by Crippen LogP contribution is 2.35. The number of aryl methyl sites for hydroxylation is 1. The lowest BCUT2D eigenvalue weighted by Crippen LogP contribution is -2.40. The Hall–Kier alpha value is -1.95. The lowest BCUT2D eigenvalue weighted by Gasteiger charge is -2.39. The average Bonchev–Trinajstić information content (AvgIpc) is 3.03. The summed E-state index contributed by atoms with van der Waals surface area (Å²) in [6.07, 6.45) is 7.44. The van der Waals surface area contributed by atoms with Crippen LogP contribution in [-0.2, 0) is 6.42 Å². The normalized spacial score (nSPS) is 22.3. The molecule has 0 aromatic carbocycles. The summed E-state index contributed by atoms with van der Waals surface area (Å²) in [5, 5.41) is 4.52. The molecule has 0 spiro atoms. The zero-order valence-corrected chi connectivity index (χ0v) is 15.1. The minimum atomic E-state index is -0.0631. The smallest absolute Gasteiger partial charge is 0.295 e. The summed E-state index contributed by atoms with van der Waals surface area (Å²) in [7, 11) is 0. The summed E-state index contributed by atoms with van der Waals surface area (Å²) in [4.78, 5) is 22.3. The highest BCUT2D eigenvalue weighted by molar-refractivity contribution is 5.25. The van der Waals surface area contributed by atoms with E-state index in [-0.39, 0.29) is 17.6 Å². The highest BCUT2D eigenvalue weighted by atomic mass is 16.2. The van der Waals surface area contributed by atoms with Gasteiger partial charge in [0.15, 0.2) is 0 Å². The van der Waals surface area contributed by atoms with Gasteiger partial charge in [0, 0.05) is 25.2 Å². The van der Waals surface area contributed by atoms with E-state index in [1.54, 1.807) is 4.68 Å². The molecule has 2 aromatic heterocycles. The molecule has 0 radical (unpaired) electrons. The van der Waals surface area contributed by atoms with Gasteiger partial charge in [-0.15, -0.1) is 0 Å². The molecular formula is C19H27N5O. The van der Waals surface area contributed by atoms with Crippen molar-refractivity contribution in [3.63, 3.8) is 0 Å². The zero-order chi connectivity index (χ0) is 17.4. The Kier molecular flexibility index (Phi) is 4.46. The minimum absolute atomic E-state index is 0.0631. The summed E-state index contributed by atoms with van der Waals surface area (Å²) in [5.41, 5.74) is 2.61. The van der Waals surface area contributed by atoms with Gasteiger partial charge >= 0.3 is 5.69 Å². The van der Waals surface area contributed by atoms with Crippen molar-refractivity contribution in [1.29, 1.82) is 0 Å². The first-order valence-electron chi connectivity index (χ1n) is 9.50. The van der Waals surface area contributed by atoms with Crippen LogP contribution in [0.4, 0.5) is 0 Å². The fraction of sp³-hybridized carbons (Fsp3) is 0.632. The van der Waals surface area contributed by atoms with Crippen LogP contribution in [0, 0.1) is 0 Å². The Labute approximate surface area is 148 Å². The number of likely N-dealkylation sites (tertiary alicyclic amines) is 1. The summed E-state index contributed by atoms with van der Waals surface area (Å²) < 4.78 is 1.68. The van der Waals surface area contributed by atoms with Gasteiger partial charge in [0.25, 0.3) is 0 Å². The maximum Gasteiger partial charge on any atom is 0.343 e. The van der Waals surface area contributed by atoms with Crippen LogP contribution in [0.25, 0.3) is 0 Å². The molecular weight excluding hydrogens is 314 g/mol. The van der Waals surface area contributed by atoms with Crippen LogP contribution < -0.4 is 5.69 Å². The fourth-order valence-corrected chi connectivity index (χ4v) is 4.24. The second kappa shape index (κ2) is 6.75. The molecule has 1 fully saturated rings. The number of aromatic amines is 1. The topological polar surface area (TPSA) is 66.8 Å². The molecule has 1 aliphatic carbocycles. The number of nitrogens with one attached hydrogen (secondary N) is 1. The molecule has 1 saturated heterocycles. The molecule has 1 unspecified atom stereocenters. The first kappa shape index (κ1) is 16.5. The average molecular weight is 341 g/mol. The number of pyridine rings is 1. The summed E-state index contributed by atoms with van der Waals surface area (Å²) >= 11 is 0. The van der Waals surface area contributed by atoms with Crippen LogP contribution in [0.2, 0.25) is 0 Å². The molecule has 6 heteroatoms. The van der Waals surface area contributed by atoms with E-state index in [2.05, 4.69) is 39.9 Å². The SMILES string of the molecule is CC(C)c1nn(C2CCN(C3CCCc4cccnc43)CC2)c(=O)[nH]1. The number of fused-ring (bicyclic) bond motifs is 1. The van der Waals surface area contributed by atoms with Gasteiger partial charge in [-0.2, -0.15) is 5.10 Å². The second-order valence-electron chi connectivity index (χ2n) is 7.64. The van der Waals surface area contributed by atoms with E-state index in [1.165, 1.54) is 24.1 Å². The fourth-order valence-electron chi connectivity index (χ4n) is 4.24. The van der Waals surface area contributed by atoms with E-state index in [0.29, 0.717) is 6.04 Å². The number of H-pyrrole nitrogens is 1. The number of piperidine rings is 1. The summed E-state index contributed by atoms with van der Waals surface area (Å²) in [6, 6.07) is 4.91. The molecule has 1 atom stereocenters. The van der Waals surface area contributed by atoms with Crippen molar-refractivity contribution in [2.24, 2.45) is 0 Å². The van der Waals surface area contributed by atoms with Gasteiger partial charge in [-0.05, 0) is 43.7 Å². The van der Waals surface area contributed by atoms with Crippen molar-refractivity contribution in [1.82, 2.24) is 24.6 Å². The molecule has 0 amide bonds. The maximum absolute atomic E-state index is 12.2. The van der Waals surface area contributed by atoms with Gasteiger partial charge in [-0.3, -0.25) is 14.9 Å². The number of rotatable bonds is 3. The van der Waals surface area contributed by atoms with Crippen molar-refractivity contribution in [3.05, 3.63) is 45.9 Å². The van der Waals surface area contributed by atoms with Gasteiger partial charge in [0.05, 0.1) is 17.8 Å². The second-order valence-corrected chi connectivity index (χ2v) is 7.64. The first-order chi connectivity index (χ1) is 12.1. The van der Waals surface area contributed by atoms with Crippen molar-refractivity contribution in [2.75, 3.05) is 13.1 Å². The Balaban J connectivity index is 1.47. The Morgan fingerprint density at radius 2 is 2.04 bits per heavy atom. The maximum atomic E-state index is 12.2. The number of aromatic nitrogens is 4. The van der Waals surface area contributed by atoms with Gasteiger partial charge in [0.2, 0.25) is 0 Å². The molecule has 3 heterocycles. The van der Waals surface area contributed by atoms with E-state index in [4.69, 9.17) is 0 Å². The van der Waals surface area contributed by atoms with Gasteiger partial charge in [-0.25, -0.2) is 9.48 Å². The van der Waals surface area contributed by atoms with Gasteiger partial charge in [-0.1, -0.05) is 19.9 Å². The predicted octanol–water partition coefficient (Wildman–Crippen LogP) is 2.80. The molecule has 2 aromatic rings. The third-order valence-corrected chi connectivity index (χ3v) is 5.66. The summed E-state index contributed by atoms with van der Waals surface area (Å²) in [6.45, 7) is 6.11. The van der Waals surface area contributed by atoms with E-state index < -0.39 is 0 Å². The third-order valence-electron chi connectivity index (χ3n) is 5.66. The molecule has 4 rings (SSSR count). The summed E-state index contributed by atoms with van der Waals surface area (Å²) in [5.74, 6) is 1.04. The van der Waals surface area contributed by atoms with E-state index in [0.717, 1.165) is 38.2 Å². The van der Waals surface area contributed by atoms with Crippen molar-refractivity contribution in [3.8, 4) is 0 Å². The van der Waals surface area contributed by atoms with E-state index in [1.807, 2.05) is 12.3 Å². The number of nitrogens with zero attached hydrogens (tertiary/aromatic N) is 4. The van der Waals surface area contributed by atoms with Crippen LogP contribution in [0.5, 0.6) is 0 Å². The van der Waals surface area contributed by atoms with Crippen LogP contribution in [0.15, 0.2) is 23.1 Å². The lowest BCUT2D eigenvalue weighted by molar-refractivity contribution is 0.115. The minimum Gasteiger partial charge on any atom is -0.295 e. The van der Waals surface area contributed by atoms with E-state index in [9.17, 15) is 4.79 Å². The molecule has 134 valence electrons. The van der Waals surface area contributed by atoms with Crippen molar-refractivity contribution >= 4 is 0 Å². The molecule has 6 nitrogen and oxygen atoms in total. The van der Waals surface area contributed by atoms with Gasteiger partial charge in [0.1, 0.15) is 5.82 Å². The zero-order valence-electron chi connectivity index (χ0n) is 15.1. The lowest BCUT2D eigenvalue weighted by atomic mass is 9.89. The highest BCUT2D eigenvalue weighted by Gasteiger charge is 2.31. The number of hydrogen-bond donors (Lipinski definition) is 1. The number of hydrogen-bond acceptors (Lipinski definition) is 4. The Bertz CT molecular complexity index is 785. The standard InChI is InChI=1S/C19H27N5O/c1-13(2)18-21-19(25)24(22-18)15-8-11-23(12-9-15)16-7-3-5-14-6-4-10-20-17(14)16/h4,6,10,13,15-16H,3,5,7-9,11-12H2,1-2H3,(H,21,22,25). The molecule has 1 aliphatic heterocycles. The van der Waals surface area contributed by atoms with Crippen molar-refractivity contribution < 1.29 is 0 Å². The first-order valence-corrected chi connectivity index (χ1v) is 9.50. The molecule has 25 heavy (non-hydrogen) atoms. The Morgan fingerprint density at radius 3 is 2.76 bits per heavy atom. The van der Waals surface area contributed by atoms with Crippen LogP contribution in [-0.4, -0.2) is 37.7 Å². The van der Waals surface area contributed by atoms with Crippen LogP contribution in [0.3, 0.4) is 0 Å². The van der Waals surface area contributed by atoms with Crippen molar-refractivity contribution in [2.45, 2.75) is 64.0 Å². The largest absolute Gasteiger partial charge is 0.343 e. The molecule has 2 aliphatic rings. The predicted molar refractivity (Wildman–Crippen MR) is 96.7 cm³/mol.